The molecule has 1 aliphatic heterocycles. The smallest absolute Gasteiger partial charge is 0.273 e. The number of carbonyl (C=O) groups is 1. The molecule has 1 aliphatic carbocycles. The quantitative estimate of drug-likeness (QED) is 0.657. The minimum Gasteiger partial charge on any atom is -0.337 e. The van der Waals surface area contributed by atoms with E-state index in [-0.39, 0.29) is 11.3 Å². The lowest BCUT2D eigenvalue weighted by molar-refractivity contribution is 0.0640. The normalized spacial score (nSPS) is 18.9. The summed E-state index contributed by atoms with van der Waals surface area (Å²) < 4.78 is 5.59. The van der Waals surface area contributed by atoms with Crippen LogP contribution in [0.3, 0.4) is 0 Å². The Hall–Kier alpha value is -2.61. The van der Waals surface area contributed by atoms with Crippen LogP contribution < -0.4 is 0 Å². The summed E-state index contributed by atoms with van der Waals surface area (Å²) in [7, 11) is 0. The fourth-order valence-corrected chi connectivity index (χ4v) is 4.59. The third-order valence-corrected chi connectivity index (χ3v) is 6.45. The molecule has 3 aromatic heterocycles. The lowest BCUT2D eigenvalue weighted by Gasteiger charge is -2.39. The van der Waals surface area contributed by atoms with Crippen molar-refractivity contribution in [2.45, 2.75) is 37.5 Å². The first-order chi connectivity index (χ1) is 13.7. The van der Waals surface area contributed by atoms with E-state index >= 15 is 0 Å². The maximum absolute atomic E-state index is 12.6. The Bertz CT molecular complexity index is 944. The molecule has 0 unspecified atom stereocenters. The highest BCUT2D eigenvalue weighted by molar-refractivity contribution is 7.07. The van der Waals surface area contributed by atoms with E-state index in [9.17, 15) is 4.79 Å². The first kappa shape index (κ1) is 17.5. The molecule has 0 atom stereocenters. The number of aromatic nitrogens is 4. The third kappa shape index (κ3) is 3.32. The second-order valence-corrected chi connectivity index (χ2v) is 8.47. The fourth-order valence-electron chi connectivity index (χ4n) is 4.06. The number of amides is 1. The topological polar surface area (TPSA) is 85.0 Å². The Morgan fingerprint density at radius 2 is 2.04 bits per heavy atom. The van der Waals surface area contributed by atoms with E-state index < -0.39 is 0 Å². The summed E-state index contributed by atoms with van der Waals surface area (Å²) in [6, 6.07) is 3.75. The Morgan fingerprint density at radius 3 is 2.71 bits per heavy atom. The number of piperidine rings is 1. The van der Waals surface area contributed by atoms with Gasteiger partial charge in [0, 0.05) is 41.8 Å². The van der Waals surface area contributed by atoms with Crippen LogP contribution in [0.4, 0.5) is 0 Å². The zero-order chi connectivity index (χ0) is 19.0. The first-order valence-electron chi connectivity index (χ1n) is 9.66. The second-order valence-electron chi connectivity index (χ2n) is 7.75. The molecule has 1 saturated heterocycles. The molecular weight excluding hydrogens is 374 g/mol. The molecule has 0 spiro atoms. The Labute approximate surface area is 166 Å². The van der Waals surface area contributed by atoms with E-state index in [1.807, 2.05) is 22.4 Å². The van der Waals surface area contributed by atoms with Crippen molar-refractivity contribution in [3.8, 4) is 11.5 Å². The molecule has 7 nitrogen and oxygen atoms in total. The van der Waals surface area contributed by atoms with Crippen LogP contribution in [0.5, 0.6) is 0 Å². The van der Waals surface area contributed by atoms with E-state index in [4.69, 9.17) is 9.51 Å². The monoisotopic (exact) mass is 395 g/mol. The molecule has 28 heavy (non-hydrogen) atoms. The Balaban J connectivity index is 1.37. The molecule has 4 heterocycles. The molecule has 144 valence electrons. The molecule has 0 radical (unpaired) electrons. The van der Waals surface area contributed by atoms with E-state index in [0.29, 0.717) is 24.7 Å². The van der Waals surface area contributed by atoms with Crippen molar-refractivity contribution in [3.05, 3.63) is 46.9 Å². The van der Waals surface area contributed by atoms with Crippen molar-refractivity contribution in [3.63, 3.8) is 0 Å². The van der Waals surface area contributed by atoms with Gasteiger partial charge in [0.1, 0.15) is 5.69 Å². The van der Waals surface area contributed by atoms with Gasteiger partial charge in [-0.25, -0.2) is 4.98 Å². The maximum atomic E-state index is 12.6. The van der Waals surface area contributed by atoms with Crippen LogP contribution in [0.15, 0.2) is 39.9 Å². The van der Waals surface area contributed by atoms with E-state index in [0.717, 1.165) is 36.6 Å². The summed E-state index contributed by atoms with van der Waals surface area (Å²) in [6.45, 7) is 1.39. The summed E-state index contributed by atoms with van der Waals surface area (Å²) in [6.07, 6.45) is 8.78. The molecule has 0 aromatic carbocycles. The first-order valence-corrected chi connectivity index (χ1v) is 10.6. The molecule has 0 bridgehead atoms. The minimum atomic E-state index is -0.116. The molecule has 2 aliphatic rings. The molecule has 3 aromatic rings. The van der Waals surface area contributed by atoms with E-state index in [2.05, 4.69) is 15.1 Å². The van der Waals surface area contributed by atoms with Gasteiger partial charge in [0.05, 0.1) is 5.51 Å². The van der Waals surface area contributed by atoms with Crippen LogP contribution in [0.25, 0.3) is 11.5 Å². The van der Waals surface area contributed by atoms with Gasteiger partial charge in [0.15, 0.2) is 5.82 Å². The predicted octanol–water partition coefficient (Wildman–Crippen LogP) is 3.56. The fraction of sp³-hybridized carbons (Fsp3) is 0.450. The van der Waals surface area contributed by atoms with Crippen LogP contribution in [-0.2, 0) is 5.41 Å². The van der Waals surface area contributed by atoms with Crippen molar-refractivity contribution in [2.75, 3.05) is 13.1 Å². The third-order valence-electron chi connectivity index (χ3n) is 5.86. The highest BCUT2D eigenvalue weighted by Gasteiger charge is 2.45. The number of carbonyl (C=O) groups excluding carboxylic acids is 1. The number of nitrogens with zero attached hydrogens (tertiary/aromatic N) is 5. The number of rotatable bonds is 5. The number of hydrogen-bond acceptors (Lipinski definition) is 7. The zero-order valence-electron chi connectivity index (χ0n) is 15.5. The molecule has 1 saturated carbocycles. The van der Waals surface area contributed by atoms with Crippen LogP contribution in [0.2, 0.25) is 0 Å². The van der Waals surface area contributed by atoms with Crippen molar-refractivity contribution >= 4 is 17.2 Å². The van der Waals surface area contributed by atoms with Gasteiger partial charge in [-0.2, -0.15) is 4.98 Å². The molecular formula is C20H21N5O2S. The average Bonchev–Trinajstić information content (AvgIpc) is 3.21. The average molecular weight is 395 g/mol. The van der Waals surface area contributed by atoms with Crippen LogP contribution in [-0.4, -0.2) is 44.0 Å². The summed E-state index contributed by atoms with van der Waals surface area (Å²) in [4.78, 5) is 27.5. The standard InChI is InChI=1S/C20H21N5O2S/c26-18(16-12-28-13-22-16)25-9-5-20(6-10-25,11-14-1-2-14)19-23-17(27-24-19)15-3-7-21-8-4-15/h3-4,7-8,12-14H,1-2,5-6,9-11H2. The molecule has 1 amide bonds. The Kier molecular flexibility index (Phi) is 4.43. The molecule has 2 fully saturated rings. The largest absolute Gasteiger partial charge is 0.337 e. The van der Waals surface area contributed by atoms with Crippen molar-refractivity contribution in [1.29, 1.82) is 0 Å². The minimum absolute atomic E-state index is 0.0202. The van der Waals surface area contributed by atoms with Gasteiger partial charge < -0.3 is 9.42 Å². The number of likely N-dealkylation sites (tertiary alicyclic amines) is 1. The molecule has 5 rings (SSSR count). The lowest BCUT2D eigenvalue weighted by Crippen LogP contribution is -2.46. The van der Waals surface area contributed by atoms with E-state index in [1.165, 1.54) is 24.2 Å². The number of thiazole rings is 1. The summed E-state index contributed by atoms with van der Waals surface area (Å²) in [5.74, 6) is 2.08. The zero-order valence-corrected chi connectivity index (χ0v) is 16.3. The lowest BCUT2D eigenvalue weighted by atomic mass is 9.73. The van der Waals surface area contributed by atoms with Crippen LogP contribution >= 0.6 is 11.3 Å². The van der Waals surface area contributed by atoms with Gasteiger partial charge in [-0.15, -0.1) is 11.3 Å². The second kappa shape index (κ2) is 7.09. The van der Waals surface area contributed by atoms with Gasteiger partial charge in [-0.3, -0.25) is 9.78 Å². The van der Waals surface area contributed by atoms with Gasteiger partial charge in [0.2, 0.25) is 0 Å². The van der Waals surface area contributed by atoms with Crippen molar-refractivity contribution < 1.29 is 9.32 Å². The van der Waals surface area contributed by atoms with Gasteiger partial charge >= 0.3 is 0 Å². The van der Waals surface area contributed by atoms with E-state index in [1.54, 1.807) is 17.9 Å². The summed E-state index contributed by atoms with van der Waals surface area (Å²) in [5, 5.41) is 6.18. The summed E-state index contributed by atoms with van der Waals surface area (Å²) >= 11 is 1.45. The highest BCUT2D eigenvalue weighted by Crippen LogP contribution is 2.46. The van der Waals surface area contributed by atoms with Gasteiger partial charge in [-0.05, 0) is 37.3 Å². The maximum Gasteiger partial charge on any atom is 0.273 e. The van der Waals surface area contributed by atoms with Gasteiger partial charge in [0.25, 0.3) is 11.8 Å². The van der Waals surface area contributed by atoms with Crippen molar-refractivity contribution in [2.24, 2.45) is 5.92 Å². The van der Waals surface area contributed by atoms with Crippen LogP contribution in [0.1, 0.15) is 48.4 Å². The van der Waals surface area contributed by atoms with Crippen LogP contribution in [0, 0.1) is 5.92 Å². The van der Waals surface area contributed by atoms with Gasteiger partial charge in [-0.1, -0.05) is 18.0 Å². The number of hydrogen-bond donors (Lipinski definition) is 0. The molecule has 0 N–H and O–H groups in total. The molecule has 8 heteroatoms. The number of pyridine rings is 1. The SMILES string of the molecule is O=C(c1cscn1)N1CCC(CC2CC2)(c2noc(-c3ccncc3)n2)CC1. The van der Waals surface area contributed by atoms with Crippen molar-refractivity contribution in [1.82, 2.24) is 25.0 Å². The summed E-state index contributed by atoms with van der Waals surface area (Å²) in [5.41, 5.74) is 3.01. The Morgan fingerprint density at radius 1 is 1.25 bits per heavy atom. The highest BCUT2D eigenvalue weighted by atomic mass is 32.1. The predicted molar refractivity (Wildman–Crippen MR) is 104 cm³/mol.